The van der Waals surface area contributed by atoms with E-state index in [1.54, 1.807) is 30.3 Å². The highest BCUT2D eigenvalue weighted by Gasteiger charge is 2.74. The summed E-state index contributed by atoms with van der Waals surface area (Å²) >= 11 is 5.97. The van der Waals surface area contributed by atoms with Crippen molar-refractivity contribution in [2.75, 3.05) is 24.6 Å². The van der Waals surface area contributed by atoms with E-state index >= 15 is 0 Å². The monoisotopic (exact) mass is 434 g/mol. The molecule has 0 aromatic heterocycles. The Bertz CT molecular complexity index is 890. The van der Waals surface area contributed by atoms with Crippen molar-refractivity contribution < 1.29 is 29.3 Å². The molecule has 4 rings (SSSR count). The lowest BCUT2D eigenvalue weighted by Crippen LogP contribution is -2.56. The second-order valence-corrected chi connectivity index (χ2v) is 8.30. The Morgan fingerprint density at radius 3 is 2.67 bits per heavy atom. The lowest BCUT2D eigenvalue weighted by Gasteiger charge is -2.36. The third-order valence-electron chi connectivity index (χ3n) is 6.38. The summed E-state index contributed by atoms with van der Waals surface area (Å²) in [7, 11) is 0. The number of β-amino-alcohol motifs (C(OH)–C–C–N with tert-alkyl or cyclic N) is 1. The molecule has 1 aromatic rings. The van der Waals surface area contributed by atoms with Crippen LogP contribution in [-0.4, -0.2) is 70.3 Å². The number of aliphatic carboxylic acids is 1. The number of ether oxygens (including phenoxy) is 1. The third kappa shape index (κ3) is 2.93. The molecule has 2 amide bonds. The van der Waals surface area contributed by atoms with Crippen LogP contribution in [0.2, 0.25) is 5.02 Å². The molecule has 8 nitrogen and oxygen atoms in total. The highest BCUT2D eigenvalue weighted by molar-refractivity contribution is 6.30. The number of nitrogens with zero attached hydrogens (tertiary/aromatic N) is 2. The standard InChI is InChI=1S/C21H23ClN2O6/c1-2-9-23(13-5-3-12(22)4-6-13)19(27)17-21-8-7-14(30-21)15(20(28)29)16(21)18(26)24(17)10-11-25/h2-6,14-17,25H,1,7-11H2,(H,28,29)/t14-,15+,16+,17-,21+/m1/s1. The number of anilines is 1. The molecule has 0 unspecified atom stereocenters. The fourth-order valence-corrected chi connectivity index (χ4v) is 5.41. The van der Waals surface area contributed by atoms with E-state index in [1.165, 1.54) is 9.80 Å². The van der Waals surface area contributed by atoms with Crippen LogP contribution in [0, 0.1) is 11.8 Å². The molecule has 1 spiro atoms. The Hall–Kier alpha value is -2.42. The van der Waals surface area contributed by atoms with Crippen LogP contribution in [0.25, 0.3) is 0 Å². The highest BCUT2D eigenvalue weighted by atomic mass is 35.5. The number of carbonyl (C=O) groups is 3. The average Bonchev–Trinajstić information content (AvgIpc) is 3.35. The lowest BCUT2D eigenvalue weighted by molar-refractivity contribution is -0.149. The molecule has 3 fully saturated rings. The molecular weight excluding hydrogens is 412 g/mol. The minimum atomic E-state index is -1.21. The van der Waals surface area contributed by atoms with Gasteiger partial charge in [-0.1, -0.05) is 17.7 Å². The Morgan fingerprint density at radius 1 is 1.37 bits per heavy atom. The fourth-order valence-electron chi connectivity index (χ4n) is 5.28. The number of hydrogen-bond acceptors (Lipinski definition) is 5. The first kappa shape index (κ1) is 20.8. The van der Waals surface area contributed by atoms with Crippen LogP contribution in [0.5, 0.6) is 0 Å². The van der Waals surface area contributed by atoms with Gasteiger partial charge < -0.3 is 24.7 Å². The van der Waals surface area contributed by atoms with Crippen molar-refractivity contribution in [3.63, 3.8) is 0 Å². The highest BCUT2D eigenvalue weighted by Crippen LogP contribution is 2.58. The van der Waals surface area contributed by atoms with Gasteiger partial charge in [0.15, 0.2) is 0 Å². The molecule has 3 saturated heterocycles. The van der Waals surface area contributed by atoms with Crippen molar-refractivity contribution >= 4 is 35.1 Å². The number of halogens is 1. The van der Waals surface area contributed by atoms with Crippen molar-refractivity contribution in [3.8, 4) is 0 Å². The van der Waals surface area contributed by atoms with E-state index in [4.69, 9.17) is 16.3 Å². The normalized spacial score (nSPS) is 31.7. The number of fused-ring (bicyclic) bond motifs is 1. The number of carboxylic acid groups (broad SMARTS) is 1. The van der Waals surface area contributed by atoms with Crippen LogP contribution in [0.15, 0.2) is 36.9 Å². The topological polar surface area (TPSA) is 107 Å². The third-order valence-corrected chi connectivity index (χ3v) is 6.63. The van der Waals surface area contributed by atoms with E-state index in [0.29, 0.717) is 23.6 Å². The van der Waals surface area contributed by atoms with Gasteiger partial charge in [-0.25, -0.2) is 0 Å². The summed E-state index contributed by atoms with van der Waals surface area (Å²) in [5.41, 5.74) is -0.633. The minimum absolute atomic E-state index is 0.0730. The van der Waals surface area contributed by atoms with E-state index in [9.17, 15) is 24.6 Å². The van der Waals surface area contributed by atoms with Gasteiger partial charge in [-0.05, 0) is 37.1 Å². The molecule has 3 aliphatic heterocycles. The van der Waals surface area contributed by atoms with Crippen LogP contribution in [0.3, 0.4) is 0 Å². The number of aliphatic hydroxyl groups is 1. The molecule has 0 aliphatic carbocycles. The van der Waals surface area contributed by atoms with E-state index < -0.39 is 47.4 Å². The van der Waals surface area contributed by atoms with Gasteiger partial charge >= 0.3 is 5.97 Å². The molecule has 30 heavy (non-hydrogen) atoms. The summed E-state index contributed by atoms with van der Waals surface area (Å²) in [5, 5.41) is 19.8. The number of carbonyl (C=O) groups excluding carboxylic acids is 2. The Morgan fingerprint density at radius 2 is 2.07 bits per heavy atom. The zero-order chi connectivity index (χ0) is 21.6. The average molecular weight is 435 g/mol. The van der Waals surface area contributed by atoms with Crippen LogP contribution in [0.1, 0.15) is 12.8 Å². The molecule has 2 bridgehead atoms. The zero-order valence-corrected chi connectivity index (χ0v) is 17.0. The number of likely N-dealkylation sites (tertiary alicyclic amines) is 1. The lowest BCUT2D eigenvalue weighted by atomic mass is 9.70. The zero-order valence-electron chi connectivity index (χ0n) is 16.2. The summed E-state index contributed by atoms with van der Waals surface area (Å²) in [4.78, 5) is 41.7. The summed E-state index contributed by atoms with van der Waals surface area (Å²) in [6.07, 6.45) is 1.87. The number of hydrogen-bond donors (Lipinski definition) is 2. The van der Waals surface area contributed by atoms with E-state index in [-0.39, 0.29) is 19.7 Å². The minimum Gasteiger partial charge on any atom is -0.481 e. The number of rotatable bonds is 7. The maximum Gasteiger partial charge on any atom is 0.310 e. The molecule has 0 radical (unpaired) electrons. The predicted octanol–water partition coefficient (Wildman–Crippen LogP) is 1.31. The molecular formula is C21H23ClN2O6. The molecule has 0 saturated carbocycles. The fraction of sp³-hybridized carbons (Fsp3) is 0.476. The van der Waals surface area contributed by atoms with Crippen LogP contribution in [0.4, 0.5) is 5.69 Å². The van der Waals surface area contributed by atoms with Crippen LogP contribution >= 0.6 is 11.6 Å². The van der Waals surface area contributed by atoms with Crippen LogP contribution < -0.4 is 4.90 Å². The number of benzene rings is 1. The maximum absolute atomic E-state index is 13.8. The van der Waals surface area contributed by atoms with Gasteiger partial charge in [0.2, 0.25) is 5.91 Å². The molecule has 160 valence electrons. The smallest absolute Gasteiger partial charge is 0.310 e. The molecule has 3 heterocycles. The van der Waals surface area contributed by atoms with E-state index in [0.717, 1.165) is 0 Å². The van der Waals surface area contributed by atoms with E-state index in [1.807, 2.05) is 0 Å². The first-order chi connectivity index (χ1) is 14.4. The van der Waals surface area contributed by atoms with Gasteiger partial charge in [0.1, 0.15) is 11.6 Å². The van der Waals surface area contributed by atoms with Crippen molar-refractivity contribution in [3.05, 3.63) is 41.9 Å². The van der Waals surface area contributed by atoms with Gasteiger partial charge in [0.25, 0.3) is 5.91 Å². The van der Waals surface area contributed by atoms with Gasteiger partial charge in [-0.15, -0.1) is 6.58 Å². The largest absolute Gasteiger partial charge is 0.481 e. The van der Waals surface area contributed by atoms with Crippen LogP contribution in [-0.2, 0) is 19.1 Å². The summed E-state index contributed by atoms with van der Waals surface area (Å²) < 4.78 is 6.10. The van der Waals surface area contributed by atoms with Gasteiger partial charge in [-0.2, -0.15) is 0 Å². The van der Waals surface area contributed by atoms with Gasteiger partial charge in [0, 0.05) is 23.8 Å². The quantitative estimate of drug-likeness (QED) is 0.626. The van der Waals surface area contributed by atoms with Crippen molar-refractivity contribution in [2.45, 2.75) is 30.6 Å². The Kier molecular flexibility index (Phi) is 5.34. The SMILES string of the molecule is C=CCN(C(=O)[C@H]1N(CCO)C(=O)[C@@H]2[C@@H](C(=O)O)[C@H]3CC[C@]21O3)c1ccc(Cl)cc1. The Balaban J connectivity index is 1.77. The summed E-state index contributed by atoms with van der Waals surface area (Å²) in [6, 6.07) is 5.68. The van der Waals surface area contributed by atoms with Crippen molar-refractivity contribution in [1.29, 1.82) is 0 Å². The number of carboxylic acids is 1. The molecule has 1 aromatic carbocycles. The van der Waals surface area contributed by atoms with E-state index in [2.05, 4.69) is 6.58 Å². The first-order valence-electron chi connectivity index (χ1n) is 9.85. The first-order valence-corrected chi connectivity index (χ1v) is 10.2. The number of amides is 2. The summed E-state index contributed by atoms with van der Waals surface area (Å²) in [5.74, 6) is -3.88. The number of aliphatic hydroxyl groups excluding tert-OH is 1. The molecule has 2 N–H and O–H groups in total. The second-order valence-electron chi connectivity index (χ2n) is 7.86. The Labute approximate surface area is 178 Å². The predicted molar refractivity (Wildman–Crippen MR) is 108 cm³/mol. The van der Waals surface area contributed by atoms with Gasteiger partial charge in [-0.3, -0.25) is 14.4 Å². The van der Waals surface area contributed by atoms with Crippen molar-refractivity contribution in [2.24, 2.45) is 11.8 Å². The maximum atomic E-state index is 13.8. The summed E-state index contributed by atoms with van der Waals surface area (Å²) in [6.45, 7) is 3.49. The molecule has 3 aliphatic rings. The molecule has 9 heteroatoms. The van der Waals surface area contributed by atoms with Crippen molar-refractivity contribution in [1.82, 2.24) is 4.90 Å². The second kappa shape index (κ2) is 7.68. The van der Waals surface area contributed by atoms with Gasteiger partial charge in [0.05, 0.1) is 24.5 Å². The molecule has 5 atom stereocenters.